The van der Waals surface area contributed by atoms with Crippen molar-refractivity contribution in [1.29, 1.82) is 0 Å². The van der Waals surface area contributed by atoms with Gasteiger partial charge in [-0.15, -0.1) is 0 Å². The minimum absolute atomic E-state index is 0.425. The van der Waals surface area contributed by atoms with Gasteiger partial charge in [0.15, 0.2) is 5.96 Å². The van der Waals surface area contributed by atoms with Crippen LogP contribution in [0.5, 0.6) is 0 Å². The van der Waals surface area contributed by atoms with Gasteiger partial charge in [-0.25, -0.2) is 0 Å². The van der Waals surface area contributed by atoms with Crippen molar-refractivity contribution in [1.82, 2.24) is 10.6 Å². The fraction of sp³-hybridized carbons (Fsp3) is 0.350. The number of nitrogens with zero attached hydrogens (tertiary/aromatic N) is 2. The molecule has 0 aromatic heterocycles. The Morgan fingerprint density at radius 1 is 1.17 bits per heavy atom. The molecule has 1 unspecified atom stereocenters. The molecule has 3 rings (SSSR count). The van der Waals surface area contributed by atoms with Crippen LogP contribution in [0, 0.1) is 6.92 Å². The molecule has 126 valence electrons. The van der Waals surface area contributed by atoms with Crippen LogP contribution in [0.15, 0.2) is 59.6 Å². The number of rotatable bonds is 4. The quantitative estimate of drug-likeness (QED) is 0.671. The van der Waals surface area contributed by atoms with Crippen molar-refractivity contribution in [2.24, 2.45) is 4.99 Å². The van der Waals surface area contributed by atoms with Gasteiger partial charge >= 0.3 is 0 Å². The van der Waals surface area contributed by atoms with Crippen LogP contribution in [0.2, 0.25) is 0 Å². The molecule has 0 radical (unpaired) electrons. The van der Waals surface area contributed by atoms with E-state index >= 15 is 0 Å². The number of benzene rings is 2. The molecule has 2 aromatic carbocycles. The molecule has 4 nitrogen and oxygen atoms in total. The number of guanidine groups is 1. The lowest BCUT2D eigenvalue weighted by atomic mass is 10.1. The van der Waals surface area contributed by atoms with E-state index in [1.807, 2.05) is 7.05 Å². The molecule has 24 heavy (non-hydrogen) atoms. The molecule has 2 aromatic rings. The van der Waals surface area contributed by atoms with Crippen LogP contribution in [0.4, 0.5) is 5.69 Å². The first-order valence-corrected chi connectivity index (χ1v) is 8.57. The highest BCUT2D eigenvalue weighted by Gasteiger charge is 2.23. The third-order valence-electron chi connectivity index (χ3n) is 4.42. The number of para-hydroxylation sites is 1. The van der Waals surface area contributed by atoms with Gasteiger partial charge in [-0.2, -0.15) is 0 Å². The van der Waals surface area contributed by atoms with E-state index in [0.717, 1.165) is 32.0 Å². The summed E-state index contributed by atoms with van der Waals surface area (Å²) in [6.45, 7) is 5.00. The molecular formula is C20H26N4. The maximum Gasteiger partial charge on any atom is 0.191 e. The lowest BCUT2D eigenvalue weighted by Gasteiger charge is -2.20. The first kappa shape index (κ1) is 16.4. The summed E-state index contributed by atoms with van der Waals surface area (Å²) in [6, 6.07) is 19.6. The largest absolute Gasteiger partial charge is 0.369 e. The van der Waals surface area contributed by atoms with E-state index < -0.39 is 0 Å². The molecule has 0 amide bonds. The van der Waals surface area contributed by atoms with E-state index in [2.05, 4.69) is 82.0 Å². The summed E-state index contributed by atoms with van der Waals surface area (Å²) in [5, 5.41) is 6.96. The molecule has 1 aliphatic heterocycles. The smallest absolute Gasteiger partial charge is 0.191 e. The normalized spacial score (nSPS) is 17.8. The predicted molar refractivity (Wildman–Crippen MR) is 102 cm³/mol. The molecule has 1 fully saturated rings. The van der Waals surface area contributed by atoms with Crippen molar-refractivity contribution < 1.29 is 0 Å². The predicted octanol–water partition coefficient (Wildman–Crippen LogP) is 2.94. The van der Waals surface area contributed by atoms with E-state index in [1.165, 1.54) is 16.8 Å². The highest BCUT2D eigenvalue weighted by atomic mass is 15.2. The van der Waals surface area contributed by atoms with E-state index in [0.29, 0.717) is 6.04 Å². The minimum atomic E-state index is 0.425. The Morgan fingerprint density at radius 3 is 2.75 bits per heavy atom. The summed E-state index contributed by atoms with van der Waals surface area (Å²) in [7, 11) is 1.83. The summed E-state index contributed by atoms with van der Waals surface area (Å²) in [4.78, 5) is 6.78. The molecule has 1 aliphatic rings. The monoisotopic (exact) mass is 322 g/mol. The lowest BCUT2D eigenvalue weighted by molar-refractivity contribution is 0.648. The van der Waals surface area contributed by atoms with Crippen LogP contribution in [0.25, 0.3) is 0 Å². The summed E-state index contributed by atoms with van der Waals surface area (Å²) < 4.78 is 0. The maximum atomic E-state index is 4.36. The Bertz CT molecular complexity index is 681. The minimum Gasteiger partial charge on any atom is -0.369 e. The highest BCUT2D eigenvalue weighted by molar-refractivity contribution is 5.80. The highest BCUT2D eigenvalue weighted by Crippen LogP contribution is 2.19. The summed E-state index contributed by atoms with van der Waals surface area (Å²) in [5.74, 6) is 0.872. The molecule has 1 atom stereocenters. The van der Waals surface area contributed by atoms with Gasteiger partial charge in [-0.05, 0) is 31.0 Å². The number of nitrogens with one attached hydrogen (secondary N) is 2. The Kier molecular flexibility index (Phi) is 5.36. The van der Waals surface area contributed by atoms with E-state index in [1.54, 1.807) is 0 Å². The van der Waals surface area contributed by atoms with Crippen molar-refractivity contribution >= 4 is 11.6 Å². The zero-order chi connectivity index (χ0) is 16.8. The number of hydrogen-bond donors (Lipinski definition) is 2. The van der Waals surface area contributed by atoms with Crippen molar-refractivity contribution in [3.05, 3.63) is 65.7 Å². The molecule has 2 N–H and O–H groups in total. The molecule has 1 heterocycles. The Morgan fingerprint density at radius 2 is 2.00 bits per heavy atom. The van der Waals surface area contributed by atoms with Crippen molar-refractivity contribution in [2.45, 2.75) is 25.9 Å². The third kappa shape index (κ3) is 4.28. The fourth-order valence-corrected chi connectivity index (χ4v) is 3.15. The third-order valence-corrected chi connectivity index (χ3v) is 4.42. The second-order valence-corrected chi connectivity index (χ2v) is 6.33. The van der Waals surface area contributed by atoms with Crippen LogP contribution in [0.3, 0.4) is 0 Å². The molecule has 0 spiro atoms. The molecule has 0 bridgehead atoms. The number of aliphatic imine (C=N–C) groups is 1. The zero-order valence-corrected chi connectivity index (χ0v) is 14.5. The van der Waals surface area contributed by atoms with E-state index in [9.17, 15) is 0 Å². The molecule has 4 heteroatoms. The average molecular weight is 322 g/mol. The second kappa shape index (κ2) is 7.86. The second-order valence-electron chi connectivity index (χ2n) is 6.33. The maximum absolute atomic E-state index is 4.36. The number of aryl methyl sites for hydroxylation is 1. The van der Waals surface area contributed by atoms with Gasteiger partial charge in [0, 0.05) is 38.4 Å². The van der Waals surface area contributed by atoms with Gasteiger partial charge in [0.1, 0.15) is 0 Å². The Labute approximate surface area is 144 Å². The van der Waals surface area contributed by atoms with Crippen molar-refractivity contribution in [2.75, 3.05) is 25.0 Å². The van der Waals surface area contributed by atoms with Crippen LogP contribution >= 0.6 is 0 Å². The Balaban J connectivity index is 1.51. The van der Waals surface area contributed by atoms with Crippen molar-refractivity contribution in [3.63, 3.8) is 0 Å². The van der Waals surface area contributed by atoms with Crippen LogP contribution in [0.1, 0.15) is 17.5 Å². The van der Waals surface area contributed by atoms with Gasteiger partial charge in [0.2, 0.25) is 0 Å². The fourth-order valence-electron chi connectivity index (χ4n) is 3.15. The standard InChI is InChI=1S/C20H26N4/c1-16-7-6-8-17(13-16)14-22-20(21-2)23-18-11-12-24(15-18)19-9-4-3-5-10-19/h3-10,13,18H,11-12,14-15H2,1-2H3,(H2,21,22,23). The Hall–Kier alpha value is -2.49. The topological polar surface area (TPSA) is 39.7 Å². The van der Waals surface area contributed by atoms with Crippen molar-refractivity contribution in [3.8, 4) is 0 Å². The van der Waals surface area contributed by atoms with Gasteiger partial charge in [0.05, 0.1) is 0 Å². The molecule has 1 saturated heterocycles. The number of hydrogen-bond acceptors (Lipinski definition) is 2. The van der Waals surface area contributed by atoms with Gasteiger partial charge in [0.25, 0.3) is 0 Å². The van der Waals surface area contributed by atoms with Gasteiger partial charge in [-0.3, -0.25) is 4.99 Å². The van der Waals surface area contributed by atoms with Crippen LogP contribution in [-0.4, -0.2) is 32.1 Å². The molecular weight excluding hydrogens is 296 g/mol. The van der Waals surface area contributed by atoms with E-state index in [4.69, 9.17) is 0 Å². The molecule has 0 saturated carbocycles. The zero-order valence-electron chi connectivity index (χ0n) is 14.5. The average Bonchev–Trinajstić information content (AvgIpc) is 3.08. The van der Waals surface area contributed by atoms with E-state index in [-0.39, 0.29) is 0 Å². The van der Waals surface area contributed by atoms with Crippen LogP contribution in [-0.2, 0) is 6.54 Å². The lowest BCUT2D eigenvalue weighted by Crippen LogP contribution is -2.44. The summed E-state index contributed by atoms with van der Waals surface area (Å²) in [5.41, 5.74) is 3.85. The van der Waals surface area contributed by atoms with Gasteiger partial charge in [-0.1, -0.05) is 48.0 Å². The summed E-state index contributed by atoms with van der Waals surface area (Å²) >= 11 is 0. The molecule has 0 aliphatic carbocycles. The SMILES string of the molecule is CN=C(NCc1cccc(C)c1)NC1CCN(c2ccccc2)C1. The first-order valence-electron chi connectivity index (χ1n) is 8.57. The van der Waals surface area contributed by atoms with Gasteiger partial charge < -0.3 is 15.5 Å². The number of anilines is 1. The first-order chi connectivity index (χ1) is 11.7. The summed E-state index contributed by atoms with van der Waals surface area (Å²) in [6.07, 6.45) is 1.13. The van der Waals surface area contributed by atoms with Crippen LogP contribution < -0.4 is 15.5 Å².